The van der Waals surface area contributed by atoms with Crippen LogP contribution in [0.2, 0.25) is 0 Å². The molecule has 0 aliphatic rings. The lowest BCUT2D eigenvalue weighted by Gasteiger charge is -2.20. The largest absolute Gasteiger partial charge is 0.445 e. The summed E-state index contributed by atoms with van der Waals surface area (Å²) in [5.41, 5.74) is 0.888. The molecule has 2 rings (SSSR count). The van der Waals surface area contributed by atoms with Crippen LogP contribution in [-0.2, 0) is 18.4 Å². The zero-order valence-corrected chi connectivity index (χ0v) is 13.5. The molecule has 1 aromatic carbocycles. The molecule has 0 radical (unpaired) electrons. The number of hydrogen-bond donors (Lipinski definition) is 1. The number of Topliss-reactive ketones (excluding diaryl/α,β-unsaturated/α-hetero) is 1. The van der Waals surface area contributed by atoms with Crippen LogP contribution in [0.1, 0.15) is 30.0 Å². The Morgan fingerprint density at radius 2 is 1.96 bits per heavy atom. The first-order valence-corrected chi connectivity index (χ1v) is 7.47. The number of nitrogens with zero attached hydrogens (tertiary/aromatic N) is 2. The van der Waals surface area contributed by atoms with Crippen LogP contribution in [0.5, 0.6) is 0 Å². The molecule has 0 fully saturated rings. The molecule has 0 bridgehead atoms. The maximum Gasteiger partial charge on any atom is 0.408 e. The Morgan fingerprint density at radius 3 is 2.52 bits per heavy atom. The molecule has 0 saturated carbocycles. The smallest absolute Gasteiger partial charge is 0.408 e. The SMILES string of the molecule is CC(C)[C@H](NC(=O)OCc1ccccc1)C(=O)c1nccn1C. The molecule has 0 aliphatic heterocycles. The summed E-state index contributed by atoms with van der Waals surface area (Å²) in [6.45, 7) is 3.89. The lowest BCUT2D eigenvalue weighted by Crippen LogP contribution is -2.45. The van der Waals surface area contributed by atoms with Crippen molar-refractivity contribution in [2.24, 2.45) is 13.0 Å². The van der Waals surface area contributed by atoms with Gasteiger partial charge in [0.05, 0.1) is 0 Å². The number of rotatable bonds is 6. The Labute approximate surface area is 135 Å². The molecule has 1 aromatic heterocycles. The molecule has 1 atom stereocenters. The van der Waals surface area contributed by atoms with Crippen molar-refractivity contribution >= 4 is 11.9 Å². The van der Waals surface area contributed by atoms with Crippen LogP contribution in [-0.4, -0.2) is 27.5 Å². The van der Waals surface area contributed by atoms with Crippen LogP contribution in [0.4, 0.5) is 4.79 Å². The van der Waals surface area contributed by atoms with Gasteiger partial charge in [0, 0.05) is 19.4 Å². The van der Waals surface area contributed by atoms with Gasteiger partial charge in [0.2, 0.25) is 5.78 Å². The van der Waals surface area contributed by atoms with Crippen LogP contribution in [0.3, 0.4) is 0 Å². The van der Waals surface area contributed by atoms with Gasteiger partial charge in [-0.3, -0.25) is 4.79 Å². The highest BCUT2D eigenvalue weighted by atomic mass is 16.5. The fourth-order valence-corrected chi connectivity index (χ4v) is 2.17. The average Bonchev–Trinajstić information content (AvgIpc) is 2.97. The third-order valence-electron chi connectivity index (χ3n) is 3.48. The molecule has 0 aliphatic carbocycles. The summed E-state index contributed by atoms with van der Waals surface area (Å²) in [6.07, 6.45) is 2.63. The van der Waals surface area contributed by atoms with Gasteiger partial charge in [0.1, 0.15) is 12.6 Å². The van der Waals surface area contributed by atoms with Gasteiger partial charge < -0.3 is 14.6 Å². The van der Waals surface area contributed by atoms with Gasteiger partial charge in [0.25, 0.3) is 0 Å². The maximum absolute atomic E-state index is 12.5. The number of aromatic nitrogens is 2. The second-order valence-electron chi connectivity index (χ2n) is 5.65. The number of alkyl carbamates (subject to hydrolysis) is 1. The van der Waals surface area contributed by atoms with Crippen molar-refractivity contribution in [3.05, 3.63) is 54.1 Å². The van der Waals surface area contributed by atoms with Gasteiger partial charge in [-0.05, 0) is 11.5 Å². The van der Waals surface area contributed by atoms with Crippen LogP contribution in [0, 0.1) is 5.92 Å². The van der Waals surface area contributed by atoms with Gasteiger partial charge in [-0.1, -0.05) is 44.2 Å². The summed E-state index contributed by atoms with van der Waals surface area (Å²) < 4.78 is 6.81. The van der Waals surface area contributed by atoms with Gasteiger partial charge in [-0.25, -0.2) is 9.78 Å². The molecule has 0 unspecified atom stereocenters. The lowest BCUT2D eigenvalue weighted by atomic mass is 9.99. The van der Waals surface area contributed by atoms with E-state index < -0.39 is 12.1 Å². The molecule has 0 spiro atoms. The normalized spacial score (nSPS) is 12.0. The van der Waals surface area contributed by atoms with Crippen molar-refractivity contribution in [1.29, 1.82) is 0 Å². The minimum atomic E-state index is -0.681. The number of amides is 1. The fourth-order valence-electron chi connectivity index (χ4n) is 2.17. The standard InChI is InChI=1S/C17H21N3O3/c1-12(2)14(15(21)16-18-9-10-20(16)3)19-17(22)23-11-13-7-5-4-6-8-13/h4-10,12,14H,11H2,1-3H3,(H,19,22)/t14-/m0/s1. The van der Waals surface area contributed by atoms with Crippen LogP contribution >= 0.6 is 0 Å². The van der Waals surface area contributed by atoms with E-state index in [2.05, 4.69) is 10.3 Å². The van der Waals surface area contributed by atoms with Crippen molar-refractivity contribution in [2.75, 3.05) is 0 Å². The fraction of sp³-hybridized carbons (Fsp3) is 0.353. The predicted molar refractivity (Wildman–Crippen MR) is 85.9 cm³/mol. The van der Waals surface area contributed by atoms with Crippen molar-refractivity contribution in [3.8, 4) is 0 Å². The molecular formula is C17H21N3O3. The highest BCUT2D eigenvalue weighted by Crippen LogP contribution is 2.10. The molecule has 23 heavy (non-hydrogen) atoms. The van der Waals surface area contributed by atoms with Crippen molar-refractivity contribution < 1.29 is 14.3 Å². The number of benzene rings is 1. The number of aryl methyl sites for hydroxylation is 1. The number of ketones is 1. The number of hydrogen-bond acceptors (Lipinski definition) is 4. The minimum Gasteiger partial charge on any atom is -0.445 e. The van der Waals surface area contributed by atoms with Gasteiger partial charge >= 0.3 is 6.09 Å². The molecule has 6 heteroatoms. The predicted octanol–water partition coefficient (Wildman–Crippen LogP) is 2.55. The minimum absolute atomic E-state index is 0.0801. The van der Waals surface area contributed by atoms with Crippen LogP contribution in [0.15, 0.2) is 42.7 Å². The second-order valence-corrected chi connectivity index (χ2v) is 5.65. The highest BCUT2D eigenvalue weighted by molar-refractivity contribution is 5.99. The number of nitrogens with one attached hydrogen (secondary N) is 1. The molecule has 2 aromatic rings. The number of ether oxygens (including phenoxy) is 1. The number of carbonyl (C=O) groups is 2. The van der Waals surface area contributed by atoms with Crippen molar-refractivity contribution in [2.45, 2.75) is 26.5 Å². The zero-order chi connectivity index (χ0) is 16.8. The quantitative estimate of drug-likeness (QED) is 0.831. The van der Waals surface area contributed by atoms with Gasteiger partial charge in [0.15, 0.2) is 5.82 Å². The summed E-state index contributed by atoms with van der Waals surface area (Å²) in [5, 5.41) is 2.64. The molecule has 6 nitrogen and oxygen atoms in total. The highest BCUT2D eigenvalue weighted by Gasteiger charge is 2.28. The summed E-state index contributed by atoms with van der Waals surface area (Å²) in [6, 6.07) is 8.69. The van der Waals surface area contributed by atoms with E-state index in [-0.39, 0.29) is 18.3 Å². The van der Waals surface area contributed by atoms with Crippen LogP contribution < -0.4 is 5.32 Å². The first-order chi connectivity index (χ1) is 11.0. The third kappa shape index (κ3) is 4.42. The topological polar surface area (TPSA) is 73.2 Å². The van der Waals surface area contributed by atoms with E-state index in [1.54, 1.807) is 24.0 Å². The van der Waals surface area contributed by atoms with E-state index in [0.717, 1.165) is 5.56 Å². The van der Waals surface area contributed by atoms with Crippen molar-refractivity contribution in [1.82, 2.24) is 14.9 Å². The summed E-state index contributed by atoms with van der Waals surface area (Å²) in [7, 11) is 1.74. The lowest BCUT2D eigenvalue weighted by molar-refractivity contribution is 0.0873. The number of carbonyl (C=O) groups excluding carboxylic acids is 2. The molecule has 1 amide bonds. The van der Waals surface area contributed by atoms with E-state index in [1.807, 2.05) is 44.2 Å². The Balaban J connectivity index is 1.98. The monoisotopic (exact) mass is 315 g/mol. The van der Waals surface area contributed by atoms with E-state index in [0.29, 0.717) is 5.82 Å². The molecular weight excluding hydrogens is 294 g/mol. The maximum atomic E-state index is 12.5. The first-order valence-electron chi connectivity index (χ1n) is 7.47. The van der Waals surface area contributed by atoms with E-state index in [4.69, 9.17) is 4.74 Å². The first kappa shape index (κ1) is 16.7. The van der Waals surface area contributed by atoms with E-state index in [1.165, 1.54) is 0 Å². The van der Waals surface area contributed by atoms with E-state index >= 15 is 0 Å². The van der Waals surface area contributed by atoms with Crippen LogP contribution in [0.25, 0.3) is 0 Å². The molecule has 1 heterocycles. The zero-order valence-electron chi connectivity index (χ0n) is 13.5. The van der Waals surface area contributed by atoms with E-state index in [9.17, 15) is 9.59 Å². The van der Waals surface area contributed by atoms with Crippen molar-refractivity contribution in [3.63, 3.8) is 0 Å². The van der Waals surface area contributed by atoms with Gasteiger partial charge in [-0.2, -0.15) is 0 Å². The molecule has 0 saturated heterocycles. The molecule has 122 valence electrons. The Hall–Kier alpha value is -2.63. The average molecular weight is 315 g/mol. The third-order valence-corrected chi connectivity index (χ3v) is 3.48. The second kappa shape index (κ2) is 7.58. The Morgan fingerprint density at radius 1 is 1.26 bits per heavy atom. The Kier molecular flexibility index (Phi) is 5.51. The van der Waals surface area contributed by atoms with Gasteiger partial charge in [-0.15, -0.1) is 0 Å². The summed E-state index contributed by atoms with van der Waals surface area (Å²) in [5.74, 6) is -0.000282. The summed E-state index contributed by atoms with van der Waals surface area (Å²) in [4.78, 5) is 28.5. The summed E-state index contributed by atoms with van der Waals surface area (Å²) >= 11 is 0. The number of imidazole rings is 1. The molecule has 1 N–H and O–H groups in total. The Bertz CT molecular complexity index is 665.